The number of aromatic nitrogens is 2. The highest BCUT2D eigenvalue weighted by Crippen LogP contribution is 2.40. The van der Waals surface area contributed by atoms with Gasteiger partial charge in [-0.15, -0.1) is 0 Å². The summed E-state index contributed by atoms with van der Waals surface area (Å²) >= 11 is 2.13. The van der Waals surface area contributed by atoms with Crippen LogP contribution in [-0.4, -0.2) is 26.6 Å². The number of nitrogens with one attached hydrogen (secondary N) is 1. The van der Waals surface area contributed by atoms with Crippen molar-refractivity contribution < 1.29 is 0 Å². The van der Waals surface area contributed by atoms with E-state index in [1.165, 1.54) is 50.0 Å². The van der Waals surface area contributed by atoms with Crippen molar-refractivity contribution in [2.75, 3.05) is 5.75 Å². The Kier molecular flexibility index (Phi) is 4.72. The minimum atomic E-state index is 0.508. The second kappa shape index (κ2) is 6.52. The van der Waals surface area contributed by atoms with Gasteiger partial charge in [-0.3, -0.25) is 0 Å². The third-order valence-electron chi connectivity index (χ3n) is 4.82. The maximum Gasteiger partial charge on any atom is 0.0951 e. The van der Waals surface area contributed by atoms with Crippen molar-refractivity contribution in [1.82, 2.24) is 14.9 Å². The van der Waals surface area contributed by atoms with Gasteiger partial charge in [0, 0.05) is 29.6 Å². The van der Waals surface area contributed by atoms with Gasteiger partial charge in [-0.2, -0.15) is 11.8 Å². The lowest BCUT2D eigenvalue weighted by molar-refractivity contribution is 0.323. The Labute approximate surface area is 126 Å². The molecule has 1 saturated carbocycles. The van der Waals surface area contributed by atoms with Crippen LogP contribution in [0.25, 0.3) is 0 Å². The van der Waals surface area contributed by atoms with Crippen LogP contribution < -0.4 is 5.32 Å². The molecule has 4 atom stereocenters. The van der Waals surface area contributed by atoms with E-state index in [4.69, 9.17) is 0 Å². The quantitative estimate of drug-likeness (QED) is 0.912. The molecule has 4 unspecified atom stereocenters. The number of hydrogen-bond donors (Lipinski definition) is 1. The molecule has 1 N–H and O–H groups in total. The van der Waals surface area contributed by atoms with Gasteiger partial charge >= 0.3 is 0 Å². The third kappa shape index (κ3) is 2.91. The minimum Gasteiger partial charge on any atom is -0.329 e. The van der Waals surface area contributed by atoms with Crippen LogP contribution >= 0.6 is 11.8 Å². The van der Waals surface area contributed by atoms with Crippen molar-refractivity contribution in [2.45, 2.75) is 75.7 Å². The molecule has 2 heterocycles. The molecular formula is C16H27N3S. The van der Waals surface area contributed by atoms with Gasteiger partial charge in [0.15, 0.2) is 0 Å². The van der Waals surface area contributed by atoms with Crippen molar-refractivity contribution in [3.05, 3.63) is 18.2 Å². The molecule has 0 radical (unpaired) electrons. The van der Waals surface area contributed by atoms with E-state index in [1.807, 2.05) is 0 Å². The van der Waals surface area contributed by atoms with Crippen molar-refractivity contribution in [1.29, 1.82) is 0 Å². The average Bonchev–Trinajstić information content (AvgIpc) is 3.07. The van der Waals surface area contributed by atoms with Crippen LogP contribution in [-0.2, 0) is 0 Å². The Balaban J connectivity index is 1.79. The molecule has 20 heavy (non-hydrogen) atoms. The lowest BCUT2D eigenvalue weighted by Crippen LogP contribution is -2.36. The van der Waals surface area contributed by atoms with Crippen LogP contribution in [0.15, 0.2) is 12.5 Å². The van der Waals surface area contributed by atoms with E-state index in [9.17, 15) is 0 Å². The summed E-state index contributed by atoms with van der Waals surface area (Å²) < 4.78 is 2.50. The van der Waals surface area contributed by atoms with Crippen molar-refractivity contribution in [3.8, 4) is 0 Å². The van der Waals surface area contributed by atoms with Gasteiger partial charge < -0.3 is 9.88 Å². The zero-order valence-corrected chi connectivity index (χ0v) is 13.5. The standard InChI is InChI=1S/C16H27N3S/c1-3-20-16-9-5-8-14(16)19-11-17-10-15(19)13-7-4-6-12(2)18-13/h10-14,16,18H,3-9H2,1-2H3. The molecule has 112 valence electrons. The molecular weight excluding hydrogens is 266 g/mol. The van der Waals surface area contributed by atoms with Crippen LogP contribution in [0.5, 0.6) is 0 Å². The Bertz CT molecular complexity index is 431. The first-order valence-electron chi connectivity index (χ1n) is 8.19. The molecule has 0 spiro atoms. The van der Waals surface area contributed by atoms with E-state index >= 15 is 0 Å². The lowest BCUT2D eigenvalue weighted by Gasteiger charge is -2.31. The van der Waals surface area contributed by atoms with Crippen LogP contribution in [0.4, 0.5) is 0 Å². The first kappa shape index (κ1) is 14.5. The zero-order chi connectivity index (χ0) is 13.9. The fourth-order valence-electron chi connectivity index (χ4n) is 3.87. The molecule has 4 heteroatoms. The first-order chi connectivity index (χ1) is 9.79. The third-order valence-corrected chi connectivity index (χ3v) is 6.14. The molecule has 3 rings (SSSR count). The van der Waals surface area contributed by atoms with Gasteiger partial charge in [0.2, 0.25) is 0 Å². The predicted molar refractivity (Wildman–Crippen MR) is 86.2 cm³/mol. The summed E-state index contributed by atoms with van der Waals surface area (Å²) in [6.07, 6.45) is 12.1. The monoisotopic (exact) mass is 293 g/mol. The number of rotatable bonds is 4. The number of nitrogens with zero attached hydrogens (tertiary/aromatic N) is 2. The minimum absolute atomic E-state index is 0.508. The van der Waals surface area contributed by atoms with E-state index in [0.29, 0.717) is 18.1 Å². The largest absolute Gasteiger partial charge is 0.329 e. The second-order valence-electron chi connectivity index (χ2n) is 6.27. The summed E-state index contributed by atoms with van der Waals surface area (Å²) in [5, 5.41) is 4.55. The molecule has 0 amide bonds. The summed E-state index contributed by atoms with van der Waals surface area (Å²) in [6, 6.07) is 1.81. The number of hydrogen-bond acceptors (Lipinski definition) is 3. The summed E-state index contributed by atoms with van der Waals surface area (Å²) in [6.45, 7) is 4.58. The number of thioether (sulfide) groups is 1. The second-order valence-corrected chi connectivity index (χ2v) is 7.79. The Morgan fingerprint density at radius 3 is 2.95 bits per heavy atom. The fourth-order valence-corrected chi connectivity index (χ4v) is 5.12. The van der Waals surface area contributed by atoms with Gasteiger partial charge in [-0.1, -0.05) is 13.3 Å². The highest BCUT2D eigenvalue weighted by Gasteiger charge is 2.32. The van der Waals surface area contributed by atoms with Crippen molar-refractivity contribution in [3.63, 3.8) is 0 Å². The van der Waals surface area contributed by atoms with E-state index in [2.05, 4.69) is 53.0 Å². The molecule has 1 aromatic rings. The number of imidazole rings is 1. The summed E-state index contributed by atoms with van der Waals surface area (Å²) in [7, 11) is 0. The molecule has 1 aliphatic heterocycles. The highest BCUT2D eigenvalue weighted by atomic mass is 32.2. The molecule has 1 aliphatic carbocycles. The van der Waals surface area contributed by atoms with E-state index in [0.717, 1.165) is 5.25 Å². The molecule has 2 fully saturated rings. The van der Waals surface area contributed by atoms with Gasteiger partial charge in [0.1, 0.15) is 0 Å². The maximum atomic E-state index is 4.48. The Hall–Kier alpha value is -0.480. The SMILES string of the molecule is CCSC1CCCC1n1cncc1C1CCCC(C)N1. The van der Waals surface area contributed by atoms with Crippen molar-refractivity contribution in [2.24, 2.45) is 0 Å². The van der Waals surface area contributed by atoms with E-state index in [-0.39, 0.29) is 0 Å². The van der Waals surface area contributed by atoms with Crippen LogP contribution in [0.2, 0.25) is 0 Å². The first-order valence-corrected chi connectivity index (χ1v) is 9.24. The highest BCUT2D eigenvalue weighted by molar-refractivity contribution is 7.99. The average molecular weight is 293 g/mol. The van der Waals surface area contributed by atoms with Gasteiger partial charge in [0.05, 0.1) is 12.0 Å². The smallest absolute Gasteiger partial charge is 0.0951 e. The molecule has 0 aromatic carbocycles. The van der Waals surface area contributed by atoms with Gasteiger partial charge in [-0.05, 0) is 44.8 Å². The number of piperidine rings is 1. The topological polar surface area (TPSA) is 29.9 Å². The van der Waals surface area contributed by atoms with Crippen LogP contribution in [0.1, 0.15) is 70.2 Å². The Morgan fingerprint density at radius 1 is 1.30 bits per heavy atom. The van der Waals surface area contributed by atoms with Crippen LogP contribution in [0.3, 0.4) is 0 Å². The Morgan fingerprint density at radius 2 is 2.15 bits per heavy atom. The molecule has 3 nitrogen and oxygen atoms in total. The maximum absolute atomic E-state index is 4.48. The fraction of sp³-hybridized carbons (Fsp3) is 0.812. The lowest BCUT2D eigenvalue weighted by atomic mass is 9.97. The summed E-state index contributed by atoms with van der Waals surface area (Å²) in [4.78, 5) is 4.48. The van der Waals surface area contributed by atoms with Crippen molar-refractivity contribution >= 4 is 11.8 Å². The van der Waals surface area contributed by atoms with Gasteiger partial charge in [-0.25, -0.2) is 4.98 Å². The summed E-state index contributed by atoms with van der Waals surface area (Å²) in [5.74, 6) is 1.23. The molecule has 1 aromatic heterocycles. The van der Waals surface area contributed by atoms with E-state index < -0.39 is 0 Å². The van der Waals surface area contributed by atoms with Crippen LogP contribution in [0, 0.1) is 0 Å². The summed E-state index contributed by atoms with van der Waals surface area (Å²) in [5.41, 5.74) is 1.42. The molecule has 0 bridgehead atoms. The molecule has 1 saturated heterocycles. The zero-order valence-electron chi connectivity index (χ0n) is 12.7. The normalized spacial score (nSPS) is 34.5. The molecule has 2 aliphatic rings. The predicted octanol–water partition coefficient (Wildman–Crippen LogP) is 3.93. The van der Waals surface area contributed by atoms with E-state index in [1.54, 1.807) is 0 Å². The van der Waals surface area contributed by atoms with Gasteiger partial charge in [0.25, 0.3) is 0 Å².